The molecular weight excluding hydrogens is 516 g/mol. The summed E-state index contributed by atoms with van der Waals surface area (Å²) in [7, 11) is 1.04. The van der Waals surface area contributed by atoms with E-state index in [0.29, 0.717) is 12.8 Å². The molecule has 0 aromatic carbocycles. The van der Waals surface area contributed by atoms with Crippen LogP contribution in [0.25, 0.3) is 0 Å². The molecule has 1 saturated carbocycles. The van der Waals surface area contributed by atoms with Crippen molar-refractivity contribution in [3.8, 4) is 0 Å². The molecule has 208 valence electrons. The Hall–Kier alpha value is -1.58. The lowest BCUT2D eigenvalue weighted by atomic mass is 9.93. The van der Waals surface area contributed by atoms with Gasteiger partial charge in [0.05, 0.1) is 0 Å². The minimum Gasteiger partial charge on any atom is -0.373 e. The lowest BCUT2D eigenvalue weighted by molar-refractivity contribution is -0.365. The molecule has 4 nitrogen and oxygen atoms in total. The first kappa shape index (κ1) is 33.4. The number of hydrogen-bond acceptors (Lipinski definition) is 4. The van der Waals surface area contributed by atoms with E-state index >= 15 is 0 Å². The molecule has 16 heteroatoms. The van der Waals surface area contributed by atoms with Gasteiger partial charge in [-0.05, 0) is 26.7 Å². The van der Waals surface area contributed by atoms with Gasteiger partial charge in [-0.1, -0.05) is 19.3 Å². The van der Waals surface area contributed by atoms with Crippen LogP contribution < -0.4 is 0 Å². The molecule has 1 rings (SSSR count). The van der Waals surface area contributed by atoms with Gasteiger partial charge in [-0.15, -0.1) is 0 Å². The summed E-state index contributed by atoms with van der Waals surface area (Å²) in [6.45, 7) is 2.07. The zero-order chi connectivity index (χ0) is 28.1. The standard InChI is InChI=1S/C12H17F6NO.C7H9F6NO/c1-8(19-9-5-3-2-4-6-9)7-10(20,11(13,14)15)12(16,17)18;1-4(14-2)3-5(15,6(8,9)10)7(11,12)13/h9,20H,2-7H2,1H3;15H,3H2,1-2H3. The third kappa shape index (κ3) is 8.79. The van der Waals surface area contributed by atoms with Crippen LogP contribution in [0.2, 0.25) is 0 Å². The van der Waals surface area contributed by atoms with Crippen molar-refractivity contribution in [1.82, 2.24) is 0 Å². The number of alkyl halides is 12. The predicted octanol–water partition coefficient (Wildman–Crippen LogP) is 6.35. The molecule has 1 aliphatic rings. The number of aliphatic hydroxyl groups is 2. The second-order valence-corrected chi connectivity index (χ2v) is 8.18. The fraction of sp³-hybridized carbons (Fsp3) is 0.895. The van der Waals surface area contributed by atoms with Crippen molar-refractivity contribution in [3.63, 3.8) is 0 Å². The van der Waals surface area contributed by atoms with Crippen LogP contribution in [-0.4, -0.2) is 70.6 Å². The Morgan fingerprint density at radius 1 is 0.629 bits per heavy atom. The molecule has 0 aromatic rings. The van der Waals surface area contributed by atoms with E-state index in [2.05, 4.69) is 9.98 Å². The predicted molar refractivity (Wildman–Crippen MR) is 102 cm³/mol. The van der Waals surface area contributed by atoms with Crippen molar-refractivity contribution in [2.75, 3.05) is 7.05 Å². The third-order valence-electron chi connectivity index (χ3n) is 5.26. The van der Waals surface area contributed by atoms with Crippen LogP contribution in [0.5, 0.6) is 0 Å². The van der Waals surface area contributed by atoms with Crippen molar-refractivity contribution in [2.24, 2.45) is 9.98 Å². The van der Waals surface area contributed by atoms with Gasteiger partial charge in [0.1, 0.15) is 0 Å². The van der Waals surface area contributed by atoms with E-state index in [0.717, 1.165) is 40.2 Å². The molecule has 2 N–H and O–H groups in total. The average Bonchev–Trinajstić information content (AvgIpc) is 2.65. The molecule has 0 atom stereocenters. The SMILES string of the molecule is CC(CC(O)(C(F)(F)F)C(F)(F)F)=NC1CCCCC1.CN=C(C)CC(O)(C(F)(F)F)C(F)(F)F. The molecule has 0 aromatic heterocycles. The summed E-state index contributed by atoms with van der Waals surface area (Å²) in [6, 6.07) is -0.241. The van der Waals surface area contributed by atoms with Crippen LogP contribution in [0, 0.1) is 0 Å². The molecule has 1 aliphatic carbocycles. The molecule has 0 spiro atoms. The molecular formula is C19H26F12N2O2. The molecule has 0 unspecified atom stereocenters. The Morgan fingerprint density at radius 2 is 0.943 bits per heavy atom. The van der Waals surface area contributed by atoms with Gasteiger partial charge in [0.2, 0.25) is 0 Å². The summed E-state index contributed by atoms with van der Waals surface area (Å²) in [5.41, 5.74) is -10.2. The lowest BCUT2D eigenvalue weighted by Crippen LogP contribution is -2.57. The second kappa shape index (κ2) is 11.6. The van der Waals surface area contributed by atoms with E-state index in [4.69, 9.17) is 10.2 Å². The summed E-state index contributed by atoms with van der Waals surface area (Å²) in [5, 5.41) is 17.7. The van der Waals surface area contributed by atoms with Gasteiger partial charge in [-0.3, -0.25) is 9.98 Å². The third-order valence-corrected chi connectivity index (χ3v) is 5.26. The van der Waals surface area contributed by atoms with Crippen LogP contribution in [-0.2, 0) is 0 Å². The summed E-state index contributed by atoms with van der Waals surface area (Å²) in [6.07, 6.45) is -22.3. The zero-order valence-electron chi connectivity index (χ0n) is 18.9. The molecule has 0 radical (unpaired) electrons. The molecule has 0 saturated heterocycles. The summed E-state index contributed by atoms with van der Waals surface area (Å²) >= 11 is 0. The maximum Gasteiger partial charge on any atom is 0.426 e. The Morgan fingerprint density at radius 3 is 1.23 bits per heavy atom. The minimum absolute atomic E-state index is 0.241. The van der Waals surface area contributed by atoms with Gasteiger partial charge < -0.3 is 10.2 Å². The topological polar surface area (TPSA) is 65.2 Å². The van der Waals surface area contributed by atoms with Crippen LogP contribution in [0.1, 0.15) is 58.8 Å². The van der Waals surface area contributed by atoms with E-state index in [-0.39, 0.29) is 11.8 Å². The van der Waals surface area contributed by atoms with E-state index < -0.39 is 54.5 Å². The molecule has 35 heavy (non-hydrogen) atoms. The van der Waals surface area contributed by atoms with Crippen molar-refractivity contribution in [1.29, 1.82) is 0 Å². The van der Waals surface area contributed by atoms with Gasteiger partial charge in [-0.25, -0.2) is 0 Å². The molecule has 1 fully saturated rings. The highest BCUT2D eigenvalue weighted by Crippen LogP contribution is 2.46. The smallest absolute Gasteiger partial charge is 0.373 e. The Balaban J connectivity index is 0.000000691. The largest absolute Gasteiger partial charge is 0.426 e. The Bertz CT molecular complexity index is 702. The van der Waals surface area contributed by atoms with Gasteiger partial charge in [-0.2, -0.15) is 52.7 Å². The van der Waals surface area contributed by atoms with E-state index in [1.54, 1.807) is 0 Å². The number of nitrogens with zero attached hydrogens (tertiary/aromatic N) is 2. The first-order chi connectivity index (χ1) is 15.4. The van der Waals surface area contributed by atoms with Crippen LogP contribution in [0.3, 0.4) is 0 Å². The minimum atomic E-state index is -5.78. The van der Waals surface area contributed by atoms with Crippen LogP contribution >= 0.6 is 0 Å². The quantitative estimate of drug-likeness (QED) is 0.314. The van der Waals surface area contributed by atoms with Gasteiger partial charge in [0.15, 0.2) is 0 Å². The lowest BCUT2D eigenvalue weighted by Gasteiger charge is -2.32. The monoisotopic (exact) mass is 542 g/mol. The van der Waals surface area contributed by atoms with Gasteiger partial charge >= 0.3 is 24.7 Å². The van der Waals surface area contributed by atoms with Crippen molar-refractivity contribution < 1.29 is 62.9 Å². The Labute approximate surface area is 193 Å². The van der Waals surface area contributed by atoms with E-state index in [1.807, 2.05) is 0 Å². The molecule has 0 bridgehead atoms. The van der Waals surface area contributed by atoms with E-state index in [1.165, 1.54) is 0 Å². The van der Waals surface area contributed by atoms with Gasteiger partial charge in [0, 0.05) is 37.4 Å². The average molecular weight is 542 g/mol. The number of hydrogen-bond donors (Lipinski definition) is 2. The normalized spacial score (nSPS) is 18.3. The van der Waals surface area contributed by atoms with Crippen molar-refractivity contribution in [2.45, 2.75) is 101 Å². The first-order valence-corrected chi connectivity index (χ1v) is 10.1. The maximum absolute atomic E-state index is 12.5. The van der Waals surface area contributed by atoms with Gasteiger partial charge in [0.25, 0.3) is 11.2 Å². The molecule has 0 aliphatic heterocycles. The highest BCUT2D eigenvalue weighted by atomic mass is 19.4. The van der Waals surface area contributed by atoms with Crippen LogP contribution in [0.4, 0.5) is 52.7 Å². The number of aliphatic imine (C=N–C) groups is 2. The first-order valence-electron chi connectivity index (χ1n) is 10.1. The fourth-order valence-corrected chi connectivity index (χ4v) is 3.11. The summed E-state index contributed by atoms with van der Waals surface area (Å²) in [5.74, 6) is 0. The second-order valence-electron chi connectivity index (χ2n) is 8.18. The van der Waals surface area contributed by atoms with Crippen molar-refractivity contribution in [3.05, 3.63) is 0 Å². The molecule has 0 heterocycles. The number of halogens is 12. The van der Waals surface area contributed by atoms with E-state index in [9.17, 15) is 52.7 Å². The zero-order valence-corrected chi connectivity index (χ0v) is 18.9. The van der Waals surface area contributed by atoms with Crippen LogP contribution in [0.15, 0.2) is 9.98 Å². The highest BCUT2D eigenvalue weighted by Gasteiger charge is 2.71. The fourth-order valence-electron chi connectivity index (χ4n) is 3.11. The maximum atomic E-state index is 12.5. The summed E-state index contributed by atoms with van der Waals surface area (Å²) < 4.78 is 148. The Kier molecular flexibility index (Phi) is 11.1. The molecule has 0 amide bonds. The van der Waals surface area contributed by atoms with Crippen molar-refractivity contribution >= 4 is 11.4 Å². The summed E-state index contributed by atoms with van der Waals surface area (Å²) in [4.78, 5) is 7.06. The number of rotatable bonds is 5. The highest BCUT2D eigenvalue weighted by molar-refractivity contribution is 5.83.